The minimum Gasteiger partial charge on any atom is -0.445 e. The molecule has 0 saturated carbocycles. The lowest BCUT2D eigenvalue weighted by Crippen LogP contribution is -2.37. The molecule has 8 nitrogen and oxygen atoms in total. The number of aryl methyl sites for hydroxylation is 1. The molecule has 4 rings (SSSR count). The number of anilines is 1. The third-order valence-corrected chi connectivity index (χ3v) is 5.83. The Morgan fingerprint density at radius 3 is 2.30 bits per heavy atom. The summed E-state index contributed by atoms with van der Waals surface area (Å²) in [5.41, 5.74) is 10.2. The number of ether oxygens (including phenoxy) is 1. The third-order valence-electron chi connectivity index (χ3n) is 5.83. The molecule has 1 heterocycles. The molecule has 0 unspecified atom stereocenters. The summed E-state index contributed by atoms with van der Waals surface area (Å²) < 4.78 is 6.85. The van der Waals surface area contributed by atoms with Crippen LogP contribution in [0, 0.1) is 0 Å². The predicted molar refractivity (Wildman–Crippen MR) is 143 cm³/mol. The Kier molecular flexibility index (Phi) is 8.12. The Bertz CT molecular complexity index is 1430. The zero-order chi connectivity index (χ0) is 26.2. The van der Waals surface area contributed by atoms with Crippen molar-refractivity contribution in [2.45, 2.75) is 19.2 Å². The van der Waals surface area contributed by atoms with Crippen LogP contribution in [0.25, 0.3) is 11.1 Å². The van der Waals surface area contributed by atoms with E-state index < -0.39 is 18.0 Å². The molecular formula is C29H28N4O4. The van der Waals surface area contributed by atoms with Crippen molar-refractivity contribution in [3.05, 3.63) is 124 Å². The number of carbonyl (C=O) groups is 2. The van der Waals surface area contributed by atoms with Gasteiger partial charge < -0.3 is 25.7 Å². The summed E-state index contributed by atoms with van der Waals surface area (Å²) in [6.07, 6.45) is 1.02. The highest BCUT2D eigenvalue weighted by Crippen LogP contribution is 2.23. The highest BCUT2D eigenvalue weighted by Gasteiger charge is 2.24. The maximum Gasteiger partial charge on any atom is 0.408 e. The number of benzene rings is 3. The lowest BCUT2D eigenvalue weighted by molar-refractivity contribution is -0.118. The standard InChI is InChI=1S/C29H28N4O4/c1-33-18-24(14-15-26(33)34)22-10-12-23(13-11-22)27(28(35)31-25-9-5-8-21(16-25)17-30)32-29(36)37-19-20-6-3-2-4-7-20/h2-16,18,27H,17,19,30H2,1H3,(H,31,35)(H,32,36)/t27-/m1/s1. The van der Waals surface area contributed by atoms with Gasteiger partial charge >= 0.3 is 6.09 Å². The van der Waals surface area contributed by atoms with Gasteiger partial charge in [-0.1, -0.05) is 66.7 Å². The smallest absolute Gasteiger partial charge is 0.408 e. The molecule has 4 aromatic rings. The summed E-state index contributed by atoms with van der Waals surface area (Å²) in [7, 11) is 1.69. The Hall–Kier alpha value is -4.69. The van der Waals surface area contributed by atoms with E-state index >= 15 is 0 Å². The van der Waals surface area contributed by atoms with E-state index in [1.807, 2.05) is 48.5 Å². The lowest BCUT2D eigenvalue weighted by atomic mass is 10.0. The van der Waals surface area contributed by atoms with Gasteiger partial charge in [-0.25, -0.2) is 4.79 Å². The van der Waals surface area contributed by atoms with Crippen LogP contribution in [0.15, 0.2) is 102 Å². The van der Waals surface area contributed by atoms with Crippen molar-refractivity contribution in [3.8, 4) is 11.1 Å². The molecule has 1 aromatic heterocycles. The van der Waals surface area contributed by atoms with Crippen LogP contribution in [-0.2, 0) is 29.7 Å². The second kappa shape index (κ2) is 11.8. The molecule has 0 fully saturated rings. The first-order valence-electron chi connectivity index (χ1n) is 11.8. The zero-order valence-electron chi connectivity index (χ0n) is 20.4. The number of amides is 2. The van der Waals surface area contributed by atoms with Crippen LogP contribution in [0.2, 0.25) is 0 Å². The van der Waals surface area contributed by atoms with Crippen LogP contribution in [0.4, 0.5) is 10.5 Å². The number of hydrogen-bond acceptors (Lipinski definition) is 5. The fourth-order valence-electron chi connectivity index (χ4n) is 3.81. The molecule has 0 aliphatic carbocycles. The number of nitrogens with two attached hydrogens (primary N) is 1. The van der Waals surface area contributed by atoms with Crippen LogP contribution >= 0.6 is 0 Å². The Morgan fingerprint density at radius 2 is 1.59 bits per heavy atom. The largest absolute Gasteiger partial charge is 0.445 e. The van der Waals surface area contributed by atoms with Crippen LogP contribution < -0.4 is 21.9 Å². The molecule has 1 atom stereocenters. The molecule has 0 aliphatic heterocycles. The van der Waals surface area contributed by atoms with E-state index in [4.69, 9.17) is 10.5 Å². The minimum atomic E-state index is -1.01. The molecule has 0 spiro atoms. The van der Waals surface area contributed by atoms with Crippen molar-refractivity contribution in [3.63, 3.8) is 0 Å². The van der Waals surface area contributed by atoms with Gasteiger partial charge in [0.2, 0.25) is 5.56 Å². The van der Waals surface area contributed by atoms with Crippen molar-refractivity contribution >= 4 is 17.7 Å². The van der Waals surface area contributed by atoms with Gasteiger partial charge in [-0.15, -0.1) is 0 Å². The van der Waals surface area contributed by atoms with Gasteiger partial charge in [0.15, 0.2) is 0 Å². The van der Waals surface area contributed by atoms with Crippen molar-refractivity contribution in [2.24, 2.45) is 12.8 Å². The molecule has 0 saturated heterocycles. The van der Waals surface area contributed by atoms with Gasteiger partial charge in [0.25, 0.3) is 5.91 Å². The fourth-order valence-corrected chi connectivity index (χ4v) is 3.81. The summed E-state index contributed by atoms with van der Waals surface area (Å²) in [5, 5.41) is 5.54. The second-order valence-electron chi connectivity index (χ2n) is 8.52. The van der Waals surface area contributed by atoms with E-state index in [1.165, 1.54) is 10.6 Å². The van der Waals surface area contributed by atoms with E-state index in [0.717, 1.165) is 22.3 Å². The van der Waals surface area contributed by atoms with Gasteiger partial charge in [0.1, 0.15) is 12.6 Å². The normalized spacial score (nSPS) is 11.4. The molecule has 3 aromatic carbocycles. The lowest BCUT2D eigenvalue weighted by Gasteiger charge is -2.19. The highest BCUT2D eigenvalue weighted by molar-refractivity contribution is 5.97. The molecule has 188 valence electrons. The summed E-state index contributed by atoms with van der Waals surface area (Å²) in [6, 6.07) is 25.9. The van der Waals surface area contributed by atoms with E-state index in [-0.39, 0.29) is 12.2 Å². The SMILES string of the molecule is Cn1cc(-c2ccc([C@@H](NC(=O)OCc3ccccc3)C(=O)Nc3cccc(CN)c3)cc2)ccc1=O. The van der Waals surface area contributed by atoms with Gasteiger partial charge in [-0.2, -0.15) is 0 Å². The predicted octanol–water partition coefficient (Wildman–Crippen LogP) is 4.12. The fraction of sp³-hybridized carbons (Fsp3) is 0.138. The van der Waals surface area contributed by atoms with Crippen LogP contribution in [0.1, 0.15) is 22.7 Å². The van der Waals surface area contributed by atoms with Crippen molar-refractivity contribution in [1.82, 2.24) is 9.88 Å². The number of pyridine rings is 1. The van der Waals surface area contributed by atoms with E-state index in [2.05, 4.69) is 10.6 Å². The van der Waals surface area contributed by atoms with Gasteiger partial charge in [-0.3, -0.25) is 9.59 Å². The minimum absolute atomic E-state index is 0.0746. The Labute approximate surface area is 214 Å². The van der Waals surface area contributed by atoms with E-state index in [0.29, 0.717) is 17.8 Å². The van der Waals surface area contributed by atoms with Crippen LogP contribution in [-0.4, -0.2) is 16.6 Å². The quantitative estimate of drug-likeness (QED) is 0.339. The van der Waals surface area contributed by atoms with Crippen molar-refractivity contribution < 1.29 is 14.3 Å². The molecular weight excluding hydrogens is 468 g/mol. The molecule has 0 radical (unpaired) electrons. The van der Waals surface area contributed by atoms with E-state index in [1.54, 1.807) is 49.6 Å². The maximum absolute atomic E-state index is 13.3. The highest BCUT2D eigenvalue weighted by atomic mass is 16.5. The monoisotopic (exact) mass is 496 g/mol. The first-order valence-corrected chi connectivity index (χ1v) is 11.8. The molecule has 2 amide bonds. The number of hydrogen-bond donors (Lipinski definition) is 3. The number of alkyl carbamates (subject to hydrolysis) is 1. The maximum atomic E-state index is 13.3. The first-order chi connectivity index (χ1) is 17.9. The Morgan fingerprint density at radius 1 is 0.892 bits per heavy atom. The number of rotatable bonds is 8. The number of carbonyl (C=O) groups excluding carboxylic acids is 2. The van der Waals surface area contributed by atoms with E-state index in [9.17, 15) is 14.4 Å². The molecule has 8 heteroatoms. The van der Waals surface area contributed by atoms with Crippen LogP contribution in [0.3, 0.4) is 0 Å². The van der Waals surface area contributed by atoms with Gasteiger partial charge in [0.05, 0.1) is 0 Å². The summed E-state index contributed by atoms with van der Waals surface area (Å²) in [6.45, 7) is 0.412. The van der Waals surface area contributed by atoms with Crippen LogP contribution in [0.5, 0.6) is 0 Å². The topological polar surface area (TPSA) is 115 Å². The second-order valence-corrected chi connectivity index (χ2v) is 8.52. The van der Waals surface area contributed by atoms with Crippen molar-refractivity contribution in [2.75, 3.05) is 5.32 Å². The summed E-state index contributed by atoms with van der Waals surface area (Å²) >= 11 is 0. The molecule has 0 aliphatic rings. The Balaban J connectivity index is 1.55. The molecule has 0 bridgehead atoms. The third kappa shape index (κ3) is 6.71. The first kappa shape index (κ1) is 25.4. The number of aromatic nitrogens is 1. The van der Waals surface area contributed by atoms with Crippen molar-refractivity contribution in [1.29, 1.82) is 0 Å². The number of nitrogens with zero attached hydrogens (tertiary/aromatic N) is 1. The average Bonchev–Trinajstić information content (AvgIpc) is 2.93. The number of nitrogens with one attached hydrogen (secondary N) is 2. The summed E-state index contributed by atoms with van der Waals surface area (Å²) in [4.78, 5) is 37.7. The molecule has 4 N–H and O–H groups in total. The summed E-state index contributed by atoms with van der Waals surface area (Å²) in [5.74, 6) is -0.430. The van der Waals surface area contributed by atoms with Gasteiger partial charge in [-0.05, 0) is 46.0 Å². The molecule has 37 heavy (non-hydrogen) atoms. The average molecular weight is 497 g/mol. The van der Waals surface area contributed by atoms with Gasteiger partial charge in [0, 0.05) is 31.5 Å². The zero-order valence-corrected chi connectivity index (χ0v) is 20.4.